The van der Waals surface area contributed by atoms with E-state index in [0.717, 1.165) is 37.3 Å². The normalized spacial score (nSPS) is 21.0. The highest BCUT2D eigenvalue weighted by Gasteiger charge is 2.42. The second-order valence-electron chi connectivity index (χ2n) is 10.5. The fourth-order valence-corrected chi connectivity index (χ4v) is 6.47. The molecule has 180 valence electrons. The van der Waals surface area contributed by atoms with E-state index in [0.29, 0.717) is 13.2 Å². The van der Waals surface area contributed by atoms with Crippen LogP contribution in [-0.4, -0.2) is 31.0 Å². The topological polar surface area (TPSA) is 59.2 Å². The van der Waals surface area contributed by atoms with Crippen molar-refractivity contribution < 1.29 is 4.74 Å². The molecule has 2 aliphatic carbocycles. The lowest BCUT2D eigenvalue weighted by Gasteiger charge is -2.35. The Morgan fingerprint density at radius 2 is 1.88 bits per heavy atom. The van der Waals surface area contributed by atoms with Crippen LogP contribution >= 0.6 is 0 Å². The Hall–Kier alpha value is -2.40. The summed E-state index contributed by atoms with van der Waals surface area (Å²) in [5.74, 6) is 0.737. The number of aryl methyl sites for hydroxylation is 1. The third-order valence-corrected chi connectivity index (χ3v) is 8.17. The maximum Gasteiger partial charge on any atom is 0.107 e. The zero-order valence-electron chi connectivity index (χ0n) is 20.9. The van der Waals surface area contributed by atoms with Crippen LogP contribution in [0.1, 0.15) is 87.2 Å². The molecule has 0 amide bonds. The number of benzene rings is 1. The van der Waals surface area contributed by atoms with E-state index in [1.165, 1.54) is 78.6 Å². The van der Waals surface area contributed by atoms with Gasteiger partial charge in [-0.05, 0) is 59.9 Å². The molecule has 1 unspecified atom stereocenters. The summed E-state index contributed by atoms with van der Waals surface area (Å²) in [7, 11) is 1.83. The molecule has 1 aromatic heterocycles. The summed E-state index contributed by atoms with van der Waals surface area (Å²) < 4.78 is 5.84. The van der Waals surface area contributed by atoms with Gasteiger partial charge in [0.05, 0.1) is 18.0 Å². The monoisotopic (exact) mass is 458 g/mol. The number of unbranched alkanes of at least 4 members (excludes halogenated alkanes) is 2. The predicted octanol–water partition coefficient (Wildman–Crippen LogP) is 7.06. The first-order chi connectivity index (χ1) is 16.8. The molecule has 34 heavy (non-hydrogen) atoms. The summed E-state index contributed by atoms with van der Waals surface area (Å²) >= 11 is 0. The lowest BCUT2D eigenvalue weighted by Crippen LogP contribution is -2.34. The molecule has 1 fully saturated rings. The summed E-state index contributed by atoms with van der Waals surface area (Å²) in [5, 5.41) is 12.8. The van der Waals surface area contributed by atoms with Crippen molar-refractivity contribution in [2.75, 3.05) is 20.3 Å². The Balaban J connectivity index is 1.70. The lowest BCUT2D eigenvalue weighted by molar-refractivity contribution is 0.129. The molecule has 3 aliphatic rings. The largest absolute Gasteiger partial charge is 0.384 e. The number of ether oxygens (including phenoxy) is 1. The van der Waals surface area contributed by atoms with Crippen LogP contribution in [-0.2, 0) is 23.0 Å². The Kier molecular flexibility index (Phi) is 7.19. The van der Waals surface area contributed by atoms with Gasteiger partial charge in [0.25, 0.3) is 0 Å². The summed E-state index contributed by atoms with van der Waals surface area (Å²) in [6.07, 6.45) is 13.4. The van der Waals surface area contributed by atoms with Gasteiger partial charge in [-0.25, -0.2) is 0 Å². The van der Waals surface area contributed by atoms with Crippen LogP contribution in [0, 0.1) is 5.92 Å². The molecule has 2 heterocycles. The summed E-state index contributed by atoms with van der Waals surface area (Å²) in [6.45, 7) is 3.54. The molecule has 5 nitrogen and oxygen atoms in total. The zero-order chi connectivity index (χ0) is 23.4. The Morgan fingerprint density at radius 1 is 1.06 bits per heavy atom. The van der Waals surface area contributed by atoms with E-state index in [1.807, 2.05) is 7.11 Å². The van der Waals surface area contributed by atoms with Crippen LogP contribution in [0.15, 0.2) is 45.8 Å². The second-order valence-corrected chi connectivity index (χ2v) is 10.5. The van der Waals surface area contributed by atoms with Gasteiger partial charge in [0.15, 0.2) is 0 Å². The van der Waals surface area contributed by atoms with Crippen LogP contribution in [0.25, 0.3) is 11.1 Å². The van der Waals surface area contributed by atoms with Crippen LogP contribution in [0.5, 0.6) is 0 Å². The lowest BCUT2D eigenvalue weighted by atomic mass is 9.73. The number of fused-ring (bicyclic) bond motifs is 1. The highest BCUT2D eigenvalue weighted by Crippen LogP contribution is 2.47. The molecular weight excluding hydrogens is 420 g/mol. The van der Waals surface area contributed by atoms with E-state index in [1.54, 1.807) is 0 Å². The van der Waals surface area contributed by atoms with Gasteiger partial charge in [-0.15, -0.1) is 5.10 Å². The van der Waals surface area contributed by atoms with Gasteiger partial charge < -0.3 is 4.74 Å². The quantitative estimate of drug-likeness (QED) is 0.378. The molecular formula is C29H38N4O. The van der Waals surface area contributed by atoms with Gasteiger partial charge in [-0.2, -0.15) is 5.11 Å². The minimum absolute atomic E-state index is 0.0499. The van der Waals surface area contributed by atoms with Gasteiger partial charge >= 0.3 is 0 Å². The van der Waals surface area contributed by atoms with Crippen molar-refractivity contribution >= 4 is 5.71 Å². The number of hydrogen-bond acceptors (Lipinski definition) is 5. The molecule has 1 aliphatic heterocycles. The molecule has 1 saturated carbocycles. The molecule has 0 spiro atoms. The van der Waals surface area contributed by atoms with E-state index in [2.05, 4.69) is 52.7 Å². The Labute approximate surface area is 204 Å². The first-order valence-electron chi connectivity index (χ1n) is 13.3. The number of aromatic nitrogens is 1. The summed E-state index contributed by atoms with van der Waals surface area (Å²) in [5.41, 5.74) is 8.67. The summed E-state index contributed by atoms with van der Waals surface area (Å²) in [6, 6.07) is 10.9. The molecule has 2 aromatic rings. The van der Waals surface area contributed by atoms with Crippen molar-refractivity contribution in [3.8, 4) is 11.1 Å². The average molecular weight is 459 g/mol. The van der Waals surface area contributed by atoms with Crippen molar-refractivity contribution in [2.24, 2.45) is 21.4 Å². The predicted molar refractivity (Wildman–Crippen MR) is 138 cm³/mol. The van der Waals surface area contributed by atoms with Crippen LogP contribution in [0.4, 0.5) is 0 Å². The van der Waals surface area contributed by atoms with Crippen molar-refractivity contribution in [1.82, 2.24) is 4.98 Å². The number of hydrogen-bond donors (Lipinski definition) is 0. The van der Waals surface area contributed by atoms with Gasteiger partial charge in [-0.3, -0.25) is 4.98 Å². The third-order valence-electron chi connectivity index (χ3n) is 8.17. The first-order valence-corrected chi connectivity index (χ1v) is 13.3. The fourth-order valence-electron chi connectivity index (χ4n) is 6.47. The van der Waals surface area contributed by atoms with Crippen LogP contribution < -0.4 is 0 Å². The maximum absolute atomic E-state index is 5.84. The van der Waals surface area contributed by atoms with Crippen molar-refractivity contribution in [3.05, 3.63) is 52.8 Å². The molecule has 0 N–H and O–H groups in total. The van der Waals surface area contributed by atoms with Crippen molar-refractivity contribution in [1.29, 1.82) is 0 Å². The van der Waals surface area contributed by atoms with Crippen LogP contribution in [0.3, 0.4) is 0 Å². The molecule has 1 atom stereocenters. The highest BCUT2D eigenvalue weighted by atomic mass is 16.5. The number of nitrogens with zero attached hydrogens (tertiary/aromatic N) is 4. The second kappa shape index (κ2) is 10.5. The number of rotatable bonds is 9. The summed E-state index contributed by atoms with van der Waals surface area (Å²) in [4.78, 5) is 5.50. The number of pyridine rings is 1. The van der Waals surface area contributed by atoms with Gasteiger partial charge in [0.2, 0.25) is 0 Å². The first kappa shape index (κ1) is 23.3. The van der Waals surface area contributed by atoms with Gasteiger partial charge in [-0.1, -0.05) is 75.8 Å². The molecule has 5 rings (SSSR count). The molecule has 0 bridgehead atoms. The van der Waals surface area contributed by atoms with E-state index >= 15 is 0 Å². The Bertz CT molecular complexity index is 1050. The van der Waals surface area contributed by atoms with Crippen molar-refractivity contribution in [3.63, 3.8) is 0 Å². The van der Waals surface area contributed by atoms with Crippen molar-refractivity contribution in [2.45, 2.75) is 83.0 Å². The third kappa shape index (κ3) is 4.47. The van der Waals surface area contributed by atoms with Crippen LogP contribution in [0.2, 0.25) is 0 Å². The number of methoxy groups -OCH3 is 1. The molecule has 1 aromatic carbocycles. The average Bonchev–Trinajstić information content (AvgIpc) is 3.57. The Morgan fingerprint density at radius 3 is 2.59 bits per heavy atom. The van der Waals surface area contributed by atoms with Gasteiger partial charge in [0, 0.05) is 23.8 Å². The molecule has 5 heteroatoms. The maximum atomic E-state index is 5.84. The van der Waals surface area contributed by atoms with E-state index in [4.69, 9.17) is 9.72 Å². The molecule has 0 radical (unpaired) electrons. The van der Waals surface area contributed by atoms with E-state index in [-0.39, 0.29) is 5.41 Å². The highest BCUT2D eigenvalue weighted by molar-refractivity contribution is 6.09. The standard InChI is InChI=1S/C29H38N4O/c1-3-4-6-11-21-14-15-24-23(18-21)26(22-12-7-5-8-13-22)27(25-19-30-33-32-25)28(31-24)29(20-34-2)16-9-10-17-29/h5,7-8,12-13,21H,3-4,6,9-11,14-20H2,1-2H3. The van der Waals surface area contributed by atoms with Gasteiger partial charge in [0.1, 0.15) is 6.54 Å². The minimum Gasteiger partial charge on any atom is -0.384 e. The smallest absolute Gasteiger partial charge is 0.107 e. The fraction of sp³-hybridized carbons (Fsp3) is 0.586. The zero-order valence-corrected chi connectivity index (χ0v) is 20.9. The minimum atomic E-state index is -0.0499. The molecule has 0 saturated heterocycles. The van der Waals surface area contributed by atoms with E-state index < -0.39 is 0 Å². The SMILES string of the molecule is CCCCCC1CCc2nc(C3(COC)CCCC3)c(C3=NN=NC3)c(-c3ccccc3)c2C1. The van der Waals surface area contributed by atoms with E-state index in [9.17, 15) is 0 Å².